The molecular formula is C18H20F3N3O. The monoisotopic (exact) mass is 351 g/mol. The minimum absolute atomic E-state index is 0.231. The summed E-state index contributed by atoms with van der Waals surface area (Å²) in [6, 6.07) is 6.30. The standard InChI is InChI=1S/C18H20F3N3O/c19-18(20,21)17-23-14-8-4-5-9-15(14)24(17)12-16(25)22-11-10-13-6-2-1-3-7-13/h4-6,8-9H,1-3,7,10-12H2,(H,22,25). The Morgan fingerprint density at radius 2 is 2.04 bits per heavy atom. The Morgan fingerprint density at radius 3 is 2.76 bits per heavy atom. The van der Waals surface area contributed by atoms with E-state index in [4.69, 9.17) is 0 Å². The van der Waals surface area contributed by atoms with E-state index in [1.54, 1.807) is 12.1 Å². The number of carbonyl (C=O) groups excluding carboxylic acids is 1. The number of imidazole rings is 1. The number of nitrogens with zero attached hydrogens (tertiary/aromatic N) is 2. The predicted octanol–water partition coefficient (Wildman–Crippen LogP) is 4.06. The molecular weight excluding hydrogens is 331 g/mol. The Balaban J connectivity index is 1.69. The highest BCUT2D eigenvalue weighted by atomic mass is 19.4. The molecule has 0 fully saturated rings. The van der Waals surface area contributed by atoms with Crippen molar-refractivity contribution >= 4 is 16.9 Å². The van der Waals surface area contributed by atoms with Gasteiger partial charge in [-0.25, -0.2) is 4.98 Å². The van der Waals surface area contributed by atoms with Crippen molar-refractivity contribution in [2.24, 2.45) is 0 Å². The lowest BCUT2D eigenvalue weighted by molar-refractivity contribution is -0.147. The highest BCUT2D eigenvalue weighted by Crippen LogP contribution is 2.31. The fraction of sp³-hybridized carbons (Fsp3) is 0.444. The van der Waals surface area contributed by atoms with Gasteiger partial charge in [0.05, 0.1) is 11.0 Å². The number of carbonyl (C=O) groups is 1. The minimum Gasteiger partial charge on any atom is -0.354 e. The number of aromatic nitrogens is 2. The Labute approximate surface area is 143 Å². The smallest absolute Gasteiger partial charge is 0.354 e. The summed E-state index contributed by atoms with van der Waals surface area (Å²) < 4.78 is 40.6. The number of alkyl halides is 3. The van der Waals surface area contributed by atoms with Gasteiger partial charge in [-0.05, 0) is 44.2 Å². The van der Waals surface area contributed by atoms with Crippen LogP contribution in [-0.2, 0) is 17.5 Å². The van der Waals surface area contributed by atoms with Crippen LogP contribution >= 0.6 is 0 Å². The van der Waals surface area contributed by atoms with Gasteiger partial charge in [0, 0.05) is 6.54 Å². The van der Waals surface area contributed by atoms with E-state index in [1.165, 1.54) is 24.1 Å². The first-order valence-electron chi connectivity index (χ1n) is 8.42. The van der Waals surface area contributed by atoms with E-state index in [9.17, 15) is 18.0 Å². The van der Waals surface area contributed by atoms with Gasteiger partial charge in [0.2, 0.25) is 11.7 Å². The number of fused-ring (bicyclic) bond motifs is 1. The zero-order valence-electron chi connectivity index (χ0n) is 13.8. The Kier molecular flexibility index (Phi) is 5.11. The maximum Gasteiger partial charge on any atom is 0.449 e. The molecule has 0 unspecified atom stereocenters. The van der Waals surface area contributed by atoms with Crippen molar-refractivity contribution < 1.29 is 18.0 Å². The third kappa shape index (κ3) is 4.21. The summed E-state index contributed by atoms with van der Waals surface area (Å²) in [4.78, 5) is 15.8. The molecule has 1 aromatic carbocycles. The summed E-state index contributed by atoms with van der Waals surface area (Å²) in [6.07, 6.45) is 2.81. The molecule has 0 spiro atoms. The first kappa shape index (κ1) is 17.5. The maximum atomic E-state index is 13.2. The van der Waals surface area contributed by atoms with Gasteiger partial charge < -0.3 is 9.88 Å². The molecule has 3 rings (SSSR count). The summed E-state index contributed by atoms with van der Waals surface area (Å²) in [6.45, 7) is 0.0487. The second-order valence-corrected chi connectivity index (χ2v) is 6.22. The summed E-state index contributed by atoms with van der Waals surface area (Å²) in [5.41, 5.74) is 1.85. The molecule has 1 aliphatic rings. The predicted molar refractivity (Wildman–Crippen MR) is 88.9 cm³/mol. The van der Waals surface area contributed by atoms with Crippen molar-refractivity contribution in [1.29, 1.82) is 0 Å². The first-order chi connectivity index (χ1) is 11.9. The van der Waals surface area contributed by atoms with Gasteiger partial charge in [0.15, 0.2) is 0 Å². The van der Waals surface area contributed by atoms with E-state index in [0.717, 1.165) is 30.3 Å². The molecule has 1 aromatic heterocycles. The molecule has 0 radical (unpaired) electrons. The van der Waals surface area contributed by atoms with E-state index < -0.39 is 24.5 Å². The fourth-order valence-corrected chi connectivity index (χ4v) is 3.15. The number of amides is 1. The summed E-state index contributed by atoms with van der Waals surface area (Å²) in [7, 11) is 0. The van der Waals surface area contributed by atoms with Crippen LogP contribution in [0, 0.1) is 0 Å². The molecule has 1 N–H and O–H groups in total. The number of nitrogens with one attached hydrogen (secondary N) is 1. The molecule has 25 heavy (non-hydrogen) atoms. The van der Waals surface area contributed by atoms with Crippen LogP contribution in [0.1, 0.15) is 37.9 Å². The number of hydrogen-bond donors (Lipinski definition) is 1. The molecule has 4 nitrogen and oxygen atoms in total. The zero-order chi connectivity index (χ0) is 17.9. The van der Waals surface area contributed by atoms with Crippen LogP contribution in [0.3, 0.4) is 0 Å². The van der Waals surface area contributed by atoms with Crippen LogP contribution in [0.15, 0.2) is 35.9 Å². The van der Waals surface area contributed by atoms with Crippen molar-refractivity contribution in [2.45, 2.75) is 44.8 Å². The molecule has 7 heteroatoms. The highest BCUT2D eigenvalue weighted by Gasteiger charge is 2.37. The van der Waals surface area contributed by atoms with Gasteiger partial charge in [-0.3, -0.25) is 4.79 Å². The Morgan fingerprint density at radius 1 is 1.24 bits per heavy atom. The van der Waals surface area contributed by atoms with Crippen LogP contribution in [0.4, 0.5) is 13.2 Å². The van der Waals surface area contributed by atoms with Crippen molar-refractivity contribution in [3.05, 3.63) is 41.7 Å². The summed E-state index contributed by atoms with van der Waals surface area (Å²) in [5.74, 6) is -1.48. The number of hydrogen-bond acceptors (Lipinski definition) is 2. The zero-order valence-corrected chi connectivity index (χ0v) is 13.8. The number of para-hydroxylation sites is 2. The van der Waals surface area contributed by atoms with Gasteiger partial charge in [-0.1, -0.05) is 23.8 Å². The molecule has 1 amide bonds. The van der Waals surface area contributed by atoms with Crippen molar-refractivity contribution in [2.75, 3.05) is 6.54 Å². The maximum absolute atomic E-state index is 13.2. The van der Waals surface area contributed by atoms with Crippen molar-refractivity contribution in [1.82, 2.24) is 14.9 Å². The van der Waals surface area contributed by atoms with Gasteiger partial charge in [0.25, 0.3) is 0 Å². The van der Waals surface area contributed by atoms with Crippen LogP contribution in [-0.4, -0.2) is 22.0 Å². The Bertz CT molecular complexity index is 792. The van der Waals surface area contributed by atoms with E-state index >= 15 is 0 Å². The highest BCUT2D eigenvalue weighted by molar-refractivity contribution is 5.81. The third-order valence-corrected chi connectivity index (χ3v) is 4.36. The average molecular weight is 351 g/mol. The molecule has 0 atom stereocenters. The van der Waals surface area contributed by atoms with Crippen molar-refractivity contribution in [3.63, 3.8) is 0 Å². The number of halogens is 3. The molecule has 0 saturated carbocycles. The van der Waals surface area contributed by atoms with Crippen LogP contribution in [0.5, 0.6) is 0 Å². The fourth-order valence-electron chi connectivity index (χ4n) is 3.15. The lowest BCUT2D eigenvalue weighted by Gasteiger charge is -2.14. The average Bonchev–Trinajstić information content (AvgIpc) is 2.95. The molecule has 0 bridgehead atoms. The van der Waals surface area contributed by atoms with Gasteiger partial charge in [-0.2, -0.15) is 13.2 Å². The minimum atomic E-state index is -4.60. The molecule has 2 aromatic rings. The topological polar surface area (TPSA) is 46.9 Å². The first-order valence-corrected chi connectivity index (χ1v) is 8.42. The lowest BCUT2D eigenvalue weighted by Crippen LogP contribution is -2.30. The lowest BCUT2D eigenvalue weighted by atomic mass is 9.97. The van der Waals surface area contributed by atoms with E-state index in [2.05, 4.69) is 16.4 Å². The Hall–Kier alpha value is -2.31. The summed E-state index contributed by atoms with van der Waals surface area (Å²) in [5, 5.41) is 2.72. The number of rotatable bonds is 5. The third-order valence-electron chi connectivity index (χ3n) is 4.36. The number of benzene rings is 1. The molecule has 134 valence electrons. The largest absolute Gasteiger partial charge is 0.449 e. The second kappa shape index (κ2) is 7.29. The molecule has 1 heterocycles. The van der Waals surface area contributed by atoms with Crippen LogP contribution < -0.4 is 5.32 Å². The number of allylic oxidation sites excluding steroid dienone is 1. The van der Waals surface area contributed by atoms with Crippen molar-refractivity contribution in [3.8, 4) is 0 Å². The van der Waals surface area contributed by atoms with Crippen LogP contribution in [0.2, 0.25) is 0 Å². The SMILES string of the molecule is O=C(Cn1c(C(F)(F)F)nc2ccccc21)NCCC1=CCCCC1. The normalized spacial score (nSPS) is 15.2. The van der Waals surface area contributed by atoms with E-state index in [-0.39, 0.29) is 5.52 Å². The second-order valence-electron chi connectivity index (χ2n) is 6.22. The summed E-state index contributed by atoms with van der Waals surface area (Å²) >= 11 is 0. The van der Waals surface area contributed by atoms with Gasteiger partial charge >= 0.3 is 6.18 Å². The molecule has 0 saturated heterocycles. The molecule has 1 aliphatic carbocycles. The van der Waals surface area contributed by atoms with Crippen LogP contribution in [0.25, 0.3) is 11.0 Å². The quantitative estimate of drug-likeness (QED) is 0.826. The van der Waals surface area contributed by atoms with E-state index in [0.29, 0.717) is 12.1 Å². The van der Waals surface area contributed by atoms with Gasteiger partial charge in [0.1, 0.15) is 6.54 Å². The molecule has 0 aliphatic heterocycles. The van der Waals surface area contributed by atoms with E-state index in [1.807, 2.05) is 0 Å². The van der Waals surface area contributed by atoms with Gasteiger partial charge in [-0.15, -0.1) is 0 Å².